The largest absolute Gasteiger partial charge is 0.435 e. The molecule has 0 saturated heterocycles. The monoisotopic (exact) mass is 357 g/mol. The van der Waals surface area contributed by atoms with E-state index < -0.39 is 17.1 Å². The van der Waals surface area contributed by atoms with Gasteiger partial charge in [-0.2, -0.15) is 0 Å². The number of para-hydroxylation sites is 1. The summed E-state index contributed by atoms with van der Waals surface area (Å²) in [7, 11) is 0. The number of nitrogens with zero attached hydrogens (tertiary/aromatic N) is 1. The number of fused-ring (bicyclic) bond motifs is 1. The molecule has 0 spiro atoms. The van der Waals surface area contributed by atoms with Gasteiger partial charge in [0, 0.05) is 40.0 Å². The number of hydrogen-bond donors (Lipinski definition) is 2. The van der Waals surface area contributed by atoms with Crippen LogP contribution in [-0.2, 0) is 16.8 Å². The number of primary amides is 1. The van der Waals surface area contributed by atoms with Crippen molar-refractivity contribution in [1.82, 2.24) is 9.97 Å². The first-order chi connectivity index (χ1) is 11.7. The van der Waals surface area contributed by atoms with Gasteiger partial charge in [-0.25, -0.2) is 9.78 Å². The molecule has 2 aromatic heterocycles. The summed E-state index contributed by atoms with van der Waals surface area (Å²) in [6.45, 7) is 8.06. The van der Waals surface area contributed by atoms with Gasteiger partial charge in [-0.05, 0) is 18.6 Å². The van der Waals surface area contributed by atoms with Crippen LogP contribution in [0.1, 0.15) is 37.0 Å². The van der Waals surface area contributed by atoms with E-state index in [0.717, 1.165) is 27.2 Å². The van der Waals surface area contributed by atoms with E-state index in [2.05, 4.69) is 16.0 Å². The Kier molecular flexibility index (Phi) is 4.33. The molecule has 3 N–H and O–H groups in total. The maximum absolute atomic E-state index is 11.8. The topological polar surface area (TPSA) is 81.0 Å². The highest BCUT2D eigenvalue weighted by atomic mass is 32.1. The predicted octanol–water partition coefficient (Wildman–Crippen LogP) is 4.51. The summed E-state index contributed by atoms with van der Waals surface area (Å²) in [6, 6.07) is 8.08. The van der Waals surface area contributed by atoms with Gasteiger partial charge in [-0.3, -0.25) is 0 Å². The Bertz CT molecular complexity index is 907. The van der Waals surface area contributed by atoms with E-state index >= 15 is 0 Å². The van der Waals surface area contributed by atoms with Crippen LogP contribution in [-0.4, -0.2) is 16.1 Å². The van der Waals surface area contributed by atoms with Crippen LogP contribution in [0.5, 0.6) is 0 Å². The van der Waals surface area contributed by atoms with Crippen LogP contribution < -0.4 is 5.73 Å². The number of thiazole rings is 1. The average Bonchev–Trinajstić information content (AvgIpc) is 3.12. The number of aryl methyl sites for hydroxylation is 1. The van der Waals surface area contributed by atoms with Crippen molar-refractivity contribution in [3.8, 4) is 0 Å². The number of aromatic nitrogens is 2. The van der Waals surface area contributed by atoms with Gasteiger partial charge in [0.1, 0.15) is 5.01 Å². The van der Waals surface area contributed by atoms with Crippen LogP contribution in [0.2, 0.25) is 0 Å². The van der Waals surface area contributed by atoms with Crippen LogP contribution in [0.25, 0.3) is 10.9 Å². The second-order valence-corrected chi connectivity index (χ2v) is 8.19. The summed E-state index contributed by atoms with van der Waals surface area (Å²) in [5.74, 6) is 0. The number of H-pyrrole nitrogens is 1. The average molecular weight is 357 g/mol. The Balaban J connectivity index is 2.17. The molecule has 0 unspecified atom stereocenters. The third-order valence-corrected chi connectivity index (χ3v) is 5.67. The van der Waals surface area contributed by atoms with E-state index in [9.17, 15) is 4.79 Å². The molecule has 25 heavy (non-hydrogen) atoms. The Labute approximate surface area is 151 Å². The van der Waals surface area contributed by atoms with E-state index in [4.69, 9.17) is 10.5 Å². The molecule has 0 saturated carbocycles. The summed E-state index contributed by atoms with van der Waals surface area (Å²) in [6.07, 6.45) is 1.68. The molecule has 0 radical (unpaired) electrons. The highest BCUT2D eigenvalue weighted by Crippen LogP contribution is 2.47. The van der Waals surface area contributed by atoms with Gasteiger partial charge in [-0.1, -0.05) is 39.0 Å². The molecule has 0 aliphatic heterocycles. The number of carbonyl (C=O) groups is 1. The van der Waals surface area contributed by atoms with E-state index in [1.54, 1.807) is 0 Å². The molecule has 5 nitrogen and oxygen atoms in total. The molecule has 1 amide bonds. The lowest BCUT2D eigenvalue weighted by atomic mass is 9.73. The Hall–Kier alpha value is -2.34. The minimum Gasteiger partial charge on any atom is -0.435 e. The van der Waals surface area contributed by atoms with Gasteiger partial charge in [0.25, 0.3) is 0 Å². The first-order valence-corrected chi connectivity index (χ1v) is 9.07. The summed E-state index contributed by atoms with van der Waals surface area (Å²) < 4.78 is 5.80. The second-order valence-electron chi connectivity index (χ2n) is 7.33. The zero-order valence-corrected chi connectivity index (χ0v) is 15.7. The summed E-state index contributed by atoms with van der Waals surface area (Å²) in [5, 5.41) is 3.84. The van der Waals surface area contributed by atoms with Crippen molar-refractivity contribution in [2.45, 2.75) is 39.7 Å². The maximum atomic E-state index is 11.8. The van der Waals surface area contributed by atoms with Crippen molar-refractivity contribution in [3.63, 3.8) is 0 Å². The fraction of sp³-hybridized carbons (Fsp3) is 0.368. The fourth-order valence-electron chi connectivity index (χ4n) is 3.15. The quantitative estimate of drug-likeness (QED) is 0.721. The Morgan fingerprint density at radius 1 is 1.32 bits per heavy atom. The molecule has 6 heteroatoms. The van der Waals surface area contributed by atoms with Crippen molar-refractivity contribution in [3.05, 3.63) is 52.1 Å². The van der Waals surface area contributed by atoms with Gasteiger partial charge in [0.15, 0.2) is 5.60 Å². The number of amides is 1. The lowest BCUT2D eigenvalue weighted by Crippen LogP contribution is -2.47. The smallest absolute Gasteiger partial charge is 0.405 e. The first-order valence-electron chi connectivity index (χ1n) is 8.19. The van der Waals surface area contributed by atoms with E-state index in [0.29, 0.717) is 6.42 Å². The number of benzene rings is 1. The van der Waals surface area contributed by atoms with E-state index in [1.807, 2.05) is 57.5 Å². The minimum absolute atomic E-state index is 0.398. The predicted molar refractivity (Wildman–Crippen MR) is 101 cm³/mol. The van der Waals surface area contributed by atoms with Crippen LogP contribution in [0, 0.1) is 12.3 Å². The molecule has 0 aliphatic rings. The number of hydrogen-bond acceptors (Lipinski definition) is 4. The van der Waals surface area contributed by atoms with Crippen molar-refractivity contribution in [2.24, 2.45) is 11.1 Å². The number of nitrogens with one attached hydrogen (secondary N) is 1. The van der Waals surface area contributed by atoms with Gasteiger partial charge < -0.3 is 15.5 Å². The molecular formula is C19H23N3O2S. The van der Waals surface area contributed by atoms with Crippen molar-refractivity contribution in [2.75, 3.05) is 0 Å². The SMILES string of the molecule is Cc1csc([C@](Cc2c[nH]c3ccccc23)(OC(N)=O)C(C)(C)C)n1. The van der Waals surface area contributed by atoms with Gasteiger partial charge >= 0.3 is 6.09 Å². The second kappa shape index (κ2) is 6.19. The van der Waals surface area contributed by atoms with E-state index in [-0.39, 0.29) is 0 Å². The first kappa shape index (κ1) is 17.5. The van der Waals surface area contributed by atoms with E-state index in [1.165, 1.54) is 11.3 Å². The molecule has 2 heterocycles. The van der Waals surface area contributed by atoms with Crippen LogP contribution in [0.15, 0.2) is 35.8 Å². The highest BCUT2D eigenvalue weighted by molar-refractivity contribution is 7.09. The number of aromatic amines is 1. The van der Waals surface area contributed by atoms with Crippen molar-refractivity contribution < 1.29 is 9.53 Å². The molecule has 1 atom stereocenters. The van der Waals surface area contributed by atoms with Crippen LogP contribution in [0.4, 0.5) is 4.79 Å². The number of ether oxygens (including phenoxy) is 1. The fourth-order valence-corrected chi connectivity index (χ4v) is 4.29. The normalized spacial score (nSPS) is 14.4. The summed E-state index contributed by atoms with van der Waals surface area (Å²) in [4.78, 5) is 19.7. The number of nitrogens with two attached hydrogens (primary N) is 1. The molecule has 0 fully saturated rings. The van der Waals surface area contributed by atoms with Crippen molar-refractivity contribution in [1.29, 1.82) is 0 Å². The van der Waals surface area contributed by atoms with Gasteiger partial charge in [-0.15, -0.1) is 11.3 Å². The van der Waals surface area contributed by atoms with Crippen LogP contribution in [0.3, 0.4) is 0 Å². The zero-order valence-electron chi connectivity index (χ0n) is 14.9. The third-order valence-electron chi connectivity index (χ3n) is 4.57. The molecule has 3 aromatic rings. The van der Waals surface area contributed by atoms with Crippen molar-refractivity contribution >= 4 is 28.3 Å². The van der Waals surface area contributed by atoms with Crippen LogP contribution >= 0.6 is 11.3 Å². The molecule has 0 aliphatic carbocycles. The minimum atomic E-state index is -0.942. The highest BCUT2D eigenvalue weighted by Gasteiger charge is 2.49. The lowest BCUT2D eigenvalue weighted by Gasteiger charge is -2.42. The summed E-state index contributed by atoms with van der Waals surface area (Å²) in [5.41, 5.74) is 7.15. The Morgan fingerprint density at radius 3 is 2.64 bits per heavy atom. The standard InChI is InChI=1S/C19H23N3O2S/c1-12-11-25-16(22-12)19(18(2,3)4,24-17(20)23)9-13-10-21-15-8-6-5-7-14(13)15/h5-8,10-11,21H,9H2,1-4H3,(H2,20,23)/t19-/m0/s1. The zero-order chi connectivity index (χ0) is 18.2. The maximum Gasteiger partial charge on any atom is 0.405 e. The van der Waals surface area contributed by atoms with Gasteiger partial charge in [0.05, 0.1) is 0 Å². The van der Waals surface area contributed by atoms with Gasteiger partial charge in [0.2, 0.25) is 0 Å². The molecule has 3 rings (SSSR count). The number of rotatable bonds is 4. The molecular weight excluding hydrogens is 334 g/mol. The number of carbonyl (C=O) groups excluding carboxylic acids is 1. The molecule has 1 aromatic carbocycles. The molecule has 132 valence electrons. The lowest BCUT2D eigenvalue weighted by molar-refractivity contribution is -0.0708. The Morgan fingerprint density at radius 2 is 2.04 bits per heavy atom. The summed E-state index contributed by atoms with van der Waals surface area (Å²) >= 11 is 1.50. The molecule has 0 bridgehead atoms. The third kappa shape index (κ3) is 3.14.